The summed E-state index contributed by atoms with van der Waals surface area (Å²) in [7, 11) is 0. The fraction of sp³-hybridized carbons (Fsp3) is 0.111. The van der Waals surface area contributed by atoms with Gasteiger partial charge in [-0.1, -0.05) is 12.1 Å². The lowest BCUT2D eigenvalue weighted by Gasteiger charge is -1.98. The lowest BCUT2D eigenvalue weighted by atomic mass is 10.1. The van der Waals surface area contributed by atoms with Crippen LogP contribution in [0.5, 0.6) is 0 Å². The highest BCUT2D eigenvalue weighted by molar-refractivity contribution is 7.80. The van der Waals surface area contributed by atoms with Crippen LogP contribution in [0.1, 0.15) is 11.1 Å². The molecule has 0 aliphatic heterocycles. The molecule has 0 fully saturated rings. The molecule has 0 saturated carbocycles. The SMILES string of the molecule is Cc1ccc(/C=N/NC(N)=S)cc1[N+](=O)[O-]. The van der Waals surface area contributed by atoms with Gasteiger partial charge in [-0.25, -0.2) is 0 Å². The van der Waals surface area contributed by atoms with Gasteiger partial charge in [-0.3, -0.25) is 15.5 Å². The molecule has 0 unspecified atom stereocenters. The minimum Gasteiger partial charge on any atom is -0.375 e. The minimum absolute atomic E-state index is 0.0397. The average molecular weight is 238 g/mol. The Bertz CT molecular complexity index is 459. The number of nitrogens with one attached hydrogen (secondary N) is 1. The van der Waals surface area contributed by atoms with Gasteiger partial charge in [0, 0.05) is 17.2 Å². The van der Waals surface area contributed by atoms with Gasteiger partial charge in [0.1, 0.15) is 0 Å². The quantitative estimate of drug-likeness (QED) is 0.355. The summed E-state index contributed by atoms with van der Waals surface area (Å²) in [5, 5.41) is 14.4. The highest BCUT2D eigenvalue weighted by Gasteiger charge is 2.09. The van der Waals surface area contributed by atoms with Crippen LogP contribution in [0.25, 0.3) is 0 Å². The maximum Gasteiger partial charge on any atom is 0.272 e. The second-order valence-corrected chi connectivity index (χ2v) is 3.48. The summed E-state index contributed by atoms with van der Waals surface area (Å²) >= 11 is 4.54. The number of nitrogens with two attached hydrogens (primary N) is 1. The zero-order chi connectivity index (χ0) is 12.1. The first-order valence-electron chi connectivity index (χ1n) is 4.34. The van der Waals surface area contributed by atoms with Gasteiger partial charge in [0.25, 0.3) is 5.69 Å². The van der Waals surface area contributed by atoms with E-state index in [2.05, 4.69) is 22.7 Å². The Hall–Kier alpha value is -2.02. The number of hydrazone groups is 1. The number of hydrogen-bond donors (Lipinski definition) is 2. The van der Waals surface area contributed by atoms with Crippen molar-refractivity contribution < 1.29 is 4.92 Å². The third kappa shape index (κ3) is 3.28. The Morgan fingerprint density at radius 1 is 1.69 bits per heavy atom. The fourth-order valence-corrected chi connectivity index (χ4v) is 1.13. The summed E-state index contributed by atoms with van der Waals surface area (Å²) in [5.74, 6) is 0. The number of aryl methyl sites for hydroxylation is 1. The molecule has 0 spiro atoms. The van der Waals surface area contributed by atoms with Crippen LogP contribution in [-0.4, -0.2) is 16.3 Å². The Labute approximate surface area is 97.3 Å². The van der Waals surface area contributed by atoms with E-state index in [0.29, 0.717) is 11.1 Å². The lowest BCUT2D eigenvalue weighted by molar-refractivity contribution is -0.385. The van der Waals surface area contributed by atoms with Gasteiger partial charge >= 0.3 is 0 Å². The van der Waals surface area contributed by atoms with Crippen molar-refractivity contribution in [1.29, 1.82) is 0 Å². The van der Waals surface area contributed by atoms with E-state index in [1.165, 1.54) is 12.3 Å². The molecule has 84 valence electrons. The van der Waals surface area contributed by atoms with E-state index in [1.54, 1.807) is 19.1 Å². The van der Waals surface area contributed by atoms with Gasteiger partial charge < -0.3 is 5.73 Å². The normalized spacial score (nSPS) is 10.3. The predicted octanol–water partition coefficient (Wildman–Crippen LogP) is 1.07. The molecule has 7 heteroatoms. The molecule has 6 nitrogen and oxygen atoms in total. The standard InChI is InChI=1S/C9H10N4O2S/c1-6-2-3-7(4-8(6)13(14)15)5-11-12-9(10)16/h2-5H,1H3,(H3,10,12,16)/b11-5+. The highest BCUT2D eigenvalue weighted by Crippen LogP contribution is 2.18. The average Bonchev–Trinajstić information content (AvgIpc) is 2.19. The Balaban J connectivity index is 2.91. The molecule has 0 saturated heterocycles. The van der Waals surface area contributed by atoms with E-state index < -0.39 is 4.92 Å². The van der Waals surface area contributed by atoms with Gasteiger partial charge in [0.05, 0.1) is 11.1 Å². The highest BCUT2D eigenvalue weighted by atomic mass is 32.1. The molecular weight excluding hydrogens is 228 g/mol. The van der Waals surface area contributed by atoms with Crippen LogP contribution >= 0.6 is 12.2 Å². The summed E-state index contributed by atoms with van der Waals surface area (Å²) in [6.45, 7) is 1.67. The molecule has 0 amide bonds. The van der Waals surface area contributed by atoms with Crippen LogP contribution < -0.4 is 11.2 Å². The molecule has 3 N–H and O–H groups in total. The van der Waals surface area contributed by atoms with E-state index in [4.69, 9.17) is 5.73 Å². The van der Waals surface area contributed by atoms with Crippen molar-refractivity contribution in [2.75, 3.05) is 0 Å². The molecule has 0 radical (unpaired) electrons. The summed E-state index contributed by atoms with van der Waals surface area (Å²) in [4.78, 5) is 10.2. The topological polar surface area (TPSA) is 93.5 Å². The molecule has 1 aromatic rings. The van der Waals surface area contributed by atoms with Crippen LogP contribution in [0.3, 0.4) is 0 Å². The minimum atomic E-state index is -0.437. The Morgan fingerprint density at radius 2 is 2.38 bits per heavy atom. The number of nitro groups is 1. The first-order chi connectivity index (χ1) is 7.50. The summed E-state index contributed by atoms with van der Waals surface area (Å²) in [6, 6.07) is 4.80. The van der Waals surface area contributed by atoms with Gasteiger partial charge in [0.15, 0.2) is 5.11 Å². The maximum atomic E-state index is 10.7. The smallest absolute Gasteiger partial charge is 0.272 e. The molecular formula is C9H10N4O2S. The second kappa shape index (κ2) is 5.17. The van der Waals surface area contributed by atoms with Crippen molar-refractivity contribution in [3.8, 4) is 0 Å². The molecule has 0 bridgehead atoms. The van der Waals surface area contributed by atoms with Crippen LogP contribution in [-0.2, 0) is 0 Å². The van der Waals surface area contributed by atoms with Gasteiger partial charge in [-0.2, -0.15) is 5.10 Å². The number of nitro benzene ring substituents is 1. The zero-order valence-electron chi connectivity index (χ0n) is 8.51. The monoisotopic (exact) mass is 238 g/mol. The molecule has 0 aliphatic carbocycles. The Kier molecular flexibility index (Phi) is 3.90. The summed E-state index contributed by atoms with van der Waals surface area (Å²) in [5.41, 5.74) is 8.78. The van der Waals surface area contributed by atoms with Gasteiger partial charge in [-0.15, -0.1) is 0 Å². The van der Waals surface area contributed by atoms with Crippen LogP contribution in [0.2, 0.25) is 0 Å². The van der Waals surface area contributed by atoms with Crippen molar-refractivity contribution in [3.05, 3.63) is 39.4 Å². The molecule has 0 aliphatic rings. The second-order valence-electron chi connectivity index (χ2n) is 3.04. The molecule has 0 heterocycles. The number of rotatable bonds is 3. The van der Waals surface area contributed by atoms with E-state index in [-0.39, 0.29) is 10.8 Å². The third-order valence-corrected chi connectivity index (χ3v) is 1.91. The first kappa shape index (κ1) is 12.1. The van der Waals surface area contributed by atoms with E-state index in [9.17, 15) is 10.1 Å². The van der Waals surface area contributed by atoms with E-state index >= 15 is 0 Å². The van der Waals surface area contributed by atoms with Gasteiger partial charge in [0.2, 0.25) is 0 Å². The van der Waals surface area contributed by atoms with Crippen molar-refractivity contribution in [2.45, 2.75) is 6.92 Å². The Morgan fingerprint density at radius 3 is 2.94 bits per heavy atom. The fourth-order valence-electron chi connectivity index (χ4n) is 1.07. The predicted molar refractivity (Wildman–Crippen MR) is 65.3 cm³/mol. The zero-order valence-corrected chi connectivity index (χ0v) is 9.32. The summed E-state index contributed by atoms with van der Waals surface area (Å²) < 4.78 is 0. The number of hydrogen-bond acceptors (Lipinski definition) is 4. The largest absolute Gasteiger partial charge is 0.375 e. The first-order valence-corrected chi connectivity index (χ1v) is 4.75. The summed E-state index contributed by atoms with van der Waals surface area (Å²) in [6.07, 6.45) is 1.41. The number of benzene rings is 1. The van der Waals surface area contributed by atoms with E-state index in [1.807, 2.05) is 0 Å². The van der Waals surface area contributed by atoms with Crippen molar-refractivity contribution in [1.82, 2.24) is 5.43 Å². The van der Waals surface area contributed by atoms with Crippen LogP contribution in [0, 0.1) is 17.0 Å². The third-order valence-electron chi connectivity index (χ3n) is 1.82. The van der Waals surface area contributed by atoms with Crippen molar-refractivity contribution >= 4 is 29.2 Å². The maximum absolute atomic E-state index is 10.7. The molecule has 1 rings (SSSR count). The molecule has 0 aromatic heterocycles. The number of thiocarbonyl (C=S) groups is 1. The van der Waals surface area contributed by atoms with E-state index in [0.717, 1.165) is 0 Å². The molecule has 16 heavy (non-hydrogen) atoms. The molecule has 0 atom stereocenters. The van der Waals surface area contributed by atoms with Crippen LogP contribution in [0.4, 0.5) is 5.69 Å². The molecule has 1 aromatic carbocycles. The number of nitrogens with zero attached hydrogens (tertiary/aromatic N) is 2. The lowest BCUT2D eigenvalue weighted by Crippen LogP contribution is -2.23. The van der Waals surface area contributed by atoms with Crippen molar-refractivity contribution in [3.63, 3.8) is 0 Å². The van der Waals surface area contributed by atoms with Crippen molar-refractivity contribution in [2.24, 2.45) is 10.8 Å². The van der Waals surface area contributed by atoms with Crippen LogP contribution in [0.15, 0.2) is 23.3 Å². The van der Waals surface area contributed by atoms with Gasteiger partial charge in [-0.05, 0) is 19.1 Å².